The van der Waals surface area contributed by atoms with Gasteiger partial charge in [-0.15, -0.1) is 0 Å². The molecule has 4 rings (SSSR count). The van der Waals surface area contributed by atoms with Crippen LogP contribution in [0.15, 0.2) is 30.7 Å². The predicted octanol–water partition coefficient (Wildman–Crippen LogP) is 1.79. The number of carbonyl (C=O) groups excluding carboxylic acids is 1. The molecule has 2 fully saturated rings. The number of amides is 1. The van der Waals surface area contributed by atoms with Gasteiger partial charge < -0.3 is 4.90 Å². The van der Waals surface area contributed by atoms with Gasteiger partial charge in [0.1, 0.15) is 0 Å². The highest BCUT2D eigenvalue weighted by molar-refractivity contribution is 5.85. The fraction of sp³-hybridized carbons (Fsp3) is 0.562. The first-order chi connectivity index (χ1) is 10.8. The molecule has 1 N–H and O–H groups in total. The molecule has 1 atom stereocenters. The van der Waals surface area contributed by atoms with Crippen LogP contribution in [0.25, 0.3) is 0 Å². The molecular formula is C16H21N5O. The molecular weight excluding hydrogens is 278 g/mol. The van der Waals surface area contributed by atoms with Gasteiger partial charge in [-0.3, -0.25) is 14.6 Å². The Morgan fingerprint density at radius 1 is 1.41 bits per heavy atom. The molecule has 6 nitrogen and oxygen atoms in total. The fourth-order valence-electron chi connectivity index (χ4n) is 3.54. The van der Waals surface area contributed by atoms with Gasteiger partial charge in [0.2, 0.25) is 5.91 Å². The van der Waals surface area contributed by atoms with Crippen LogP contribution in [0.3, 0.4) is 0 Å². The number of carbonyl (C=O) groups is 1. The molecule has 0 spiro atoms. The molecule has 2 aromatic rings. The van der Waals surface area contributed by atoms with Crippen LogP contribution >= 0.6 is 0 Å². The van der Waals surface area contributed by atoms with Crippen LogP contribution < -0.4 is 0 Å². The number of nitrogens with zero attached hydrogens (tertiary/aromatic N) is 4. The molecule has 22 heavy (non-hydrogen) atoms. The lowest BCUT2D eigenvalue weighted by molar-refractivity contribution is -0.139. The van der Waals surface area contributed by atoms with Crippen LogP contribution in [-0.4, -0.2) is 43.9 Å². The lowest BCUT2D eigenvalue weighted by Gasteiger charge is -2.34. The Bertz CT molecular complexity index is 630. The summed E-state index contributed by atoms with van der Waals surface area (Å²) in [6.45, 7) is 2.40. The quantitative estimate of drug-likeness (QED) is 0.936. The van der Waals surface area contributed by atoms with Crippen molar-refractivity contribution in [1.29, 1.82) is 0 Å². The Hall–Kier alpha value is -2.11. The Labute approximate surface area is 129 Å². The highest BCUT2D eigenvalue weighted by Crippen LogP contribution is 2.49. The number of aromatic amines is 1. The fourth-order valence-corrected chi connectivity index (χ4v) is 3.54. The maximum Gasteiger partial charge on any atom is 0.230 e. The average molecular weight is 299 g/mol. The first-order valence-electron chi connectivity index (χ1n) is 8.03. The van der Waals surface area contributed by atoms with Gasteiger partial charge in [0.05, 0.1) is 12.0 Å². The van der Waals surface area contributed by atoms with Crippen molar-refractivity contribution in [1.82, 2.24) is 24.9 Å². The zero-order valence-corrected chi connectivity index (χ0v) is 12.6. The topological polar surface area (TPSA) is 66.8 Å². The van der Waals surface area contributed by atoms with E-state index in [0.717, 1.165) is 44.5 Å². The van der Waals surface area contributed by atoms with Crippen molar-refractivity contribution < 1.29 is 4.79 Å². The molecule has 6 heteroatoms. The molecule has 2 aliphatic rings. The Morgan fingerprint density at radius 2 is 2.32 bits per heavy atom. The van der Waals surface area contributed by atoms with E-state index in [9.17, 15) is 4.79 Å². The van der Waals surface area contributed by atoms with Crippen LogP contribution in [0.2, 0.25) is 0 Å². The van der Waals surface area contributed by atoms with E-state index in [2.05, 4.69) is 20.2 Å². The summed E-state index contributed by atoms with van der Waals surface area (Å²) in [5, 5.41) is 11.4. The minimum atomic E-state index is -0.206. The summed E-state index contributed by atoms with van der Waals surface area (Å²) in [5.41, 5.74) is 0.941. The van der Waals surface area contributed by atoms with Gasteiger partial charge in [-0.05, 0) is 37.8 Å². The van der Waals surface area contributed by atoms with Crippen molar-refractivity contribution >= 4 is 5.91 Å². The van der Waals surface area contributed by atoms with Gasteiger partial charge >= 0.3 is 0 Å². The molecule has 2 aromatic heterocycles. The van der Waals surface area contributed by atoms with E-state index in [1.165, 1.54) is 0 Å². The molecule has 3 heterocycles. The maximum atomic E-state index is 13.0. The zero-order valence-electron chi connectivity index (χ0n) is 12.6. The smallest absolute Gasteiger partial charge is 0.230 e. The number of rotatable bonds is 4. The minimum absolute atomic E-state index is 0.206. The van der Waals surface area contributed by atoms with E-state index >= 15 is 0 Å². The highest BCUT2D eigenvalue weighted by Gasteiger charge is 2.52. The van der Waals surface area contributed by atoms with Crippen LogP contribution in [0.1, 0.15) is 37.3 Å². The van der Waals surface area contributed by atoms with Crippen molar-refractivity contribution in [2.24, 2.45) is 5.41 Å². The molecule has 0 aromatic carbocycles. The number of hydrogen-bond acceptors (Lipinski definition) is 3. The van der Waals surface area contributed by atoms with Crippen molar-refractivity contribution in [2.75, 3.05) is 13.1 Å². The molecule has 0 unspecified atom stereocenters. The Balaban J connectivity index is 1.46. The van der Waals surface area contributed by atoms with Crippen LogP contribution in [0.5, 0.6) is 0 Å². The molecule has 1 aliphatic heterocycles. The van der Waals surface area contributed by atoms with Crippen LogP contribution in [0, 0.1) is 5.41 Å². The van der Waals surface area contributed by atoms with Gasteiger partial charge in [-0.1, -0.05) is 0 Å². The average Bonchev–Trinajstić information content (AvgIpc) is 2.98. The number of likely N-dealkylation sites (tertiary alicyclic amines) is 1. The summed E-state index contributed by atoms with van der Waals surface area (Å²) in [5.74, 6) is 0.702. The zero-order chi connectivity index (χ0) is 15.0. The third-order valence-electron chi connectivity index (χ3n) is 5.00. The van der Waals surface area contributed by atoms with Gasteiger partial charge in [-0.25, -0.2) is 0 Å². The van der Waals surface area contributed by atoms with E-state index in [4.69, 9.17) is 0 Å². The number of piperidine rings is 1. The second-order valence-corrected chi connectivity index (χ2v) is 6.59. The lowest BCUT2D eigenvalue weighted by Crippen LogP contribution is -2.44. The largest absolute Gasteiger partial charge is 0.341 e. The molecule has 0 radical (unpaired) electrons. The molecule has 1 aliphatic carbocycles. The van der Waals surface area contributed by atoms with Crippen LogP contribution in [-0.2, 0) is 11.3 Å². The Kier molecular flexibility index (Phi) is 3.24. The number of hydrogen-bond donors (Lipinski definition) is 1. The second-order valence-electron chi connectivity index (χ2n) is 6.59. The summed E-state index contributed by atoms with van der Waals surface area (Å²) >= 11 is 0. The standard InChI is InChI=1S/C16H21N5O/c22-15(16(5-6-16)12-21-10-2-7-18-21)20-9-1-3-13(11-20)14-4-8-17-19-14/h2,4,7-8,10,13H,1,3,5-6,9,11-12H2,(H,17,19)/t13-/m1/s1. The van der Waals surface area contributed by atoms with Crippen molar-refractivity contribution in [3.63, 3.8) is 0 Å². The van der Waals surface area contributed by atoms with E-state index in [0.29, 0.717) is 18.4 Å². The number of H-pyrrole nitrogens is 1. The normalized spacial score (nSPS) is 23.5. The predicted molar refractivity (Wildman–Crippen MR) is 81.0 cm³/mol. The van der Waals surface area contributed by atoms with E-state index < -0.39 is 0 Å². The van der Waals surface area contributed by atoms with Crippen molar-refractivity contribution in [3.8, 4) is 0 Å². The summed E-state index contributed by atoms with van der Waals surface area (Å²) in [6, 6.07) is 3.94. The lowest BCUT2D eigenvalue weighted by atomic mass is 9.93. The SMILES string of the molecule is O=C(N1CCC[C@@H](c2ccn[nH]2)C1)C1(Cn2cccn2)CC1. The maximum absolute atomic E-state index is 13.0. The highest BCUT2D eigenvalue weighted by atomic mass is 16.2. The van der Waals surface area contributed by atoms with E-state index in [1.54, 1.807) is 12.4 Å². The first-order valence-corrected chi connectivity index (χ1v) is 8.03. The summed E-state index contributed by atoms with van der Waals surface area (Å²) in [7, 11) is 0. The van der Waals surface area contributed by atoms with E-state index in [-0.39, 0.29) is 5.41 Å². The van der Waals surface area contributed by atoms with Gasteiger partial charge in [0.15, 0.2) is 0 Å². The summed E-state index contributed by atoms with van der Waals surface area (Å²) in [6.07, 6.45) is 9.65. The third kappa shape index (κ3) is 2.42. The monoisotopic (exact) mass is 299 g/mol. The molecule has 116 valence electrons. The summed E-state index contributed by atoms with van der Waals surface area (Å²) < 4.78 is 1.89. The van der Waals surface area contributed by atoms with Crippen molar-refractivity contribution in [2.45, 2.75) is 38.1 Å². The molecule has 1 saturated heterocycles. The molecule has 1 saturated carbocycles. The van der Waals surface area contributed by atoms with E-state index in [1.807, 2.05) is 23.0 Å². The number of nitrogens with one attached hydrogen (secondary N) is 1. The molecule has 0 bridgehead atoms. The first kappa shape index (κ1) is 13.5. The van der Waals surface area contributed by atoms with Crippen LogP contribution in [0.4, 0.5) is 0 Å². The summed E-state index contributed by atoms with van der Waals surface area (Å²) in [4.78, 5) is 15.0. The van der Waals surface area contributed by atoms with Gasteiger partial charge in [-0.2, -0.15) is 10.2 Å². The van der Waals surface area contributed by atoms with Crippen molar-refractivity contribution in [3.05, 3.63) is 36.4 Å². The molecule has 1 amide bonds. The number of aromatic nitrogens is 4. The minimum Gasteiger partial charge on any atom is -0.341 e. The Morgan fingerprint density at radius 3 is 3.00 bits per heavy atom. The second kappa shape index (κ2) is 5.26. The van der Waals surface area contributed by atoms with Gasteiger partial charge in [0.25, 0.3) is 0 Å². The van der Waals surface area contributed by atoms with Gasteiger partial charge in [0, 0.05) is 43.3 Å². The third-order valence-corrected chi connectivity index (χ3v) is 5.00.